The van der Waals surface area contributed by atoms with Crippen LogP contribution in [0.5, 0.6) is 0 Å². The smallest absolute Gasteiger partial charge is 0.270 e. The highest BCUT2D eigenvalue weighted by atomic mass is 19.2. The molecule has 26 heavy (non-hydrogen) atoms. The third-order valence-electron chi connectivity index (χ3n) is 5.00. The second-order valence-electron chi connectivity index (χ2n) is 6.90. The molecule has 0 saturated carbocycles. The number of halogens is 2. The van der Waals surface area contributed by atoms with Gasteiger partial charge in [-0.3, -0.25) is 9.59 Å². The van der Waals surface area contributed by atoms with Crippen LogP contribution in [0.25, 0.3) is 10.8 Å². The van der Waals surface area contributed by atoms with E-state index in [1.165, 1.54) is 10.6 Å². The maximum atomic E-state index is 13.6. The quantitative estimate of drug-likeness (QED) is 0.822. The summed E-state index contributed by atoms with van der Waals surface area (Å²) in [7, 11) is 0. The molecule has 1 aromatic carbocycles. The van der Waals surface area contributed by atoms with E-state index >= 15 is 0 Å². The lowest BCUT2D eigenvalue weighted by Gasteiger charge is -2.23. The van der Waals surface area contributed by atoms with Crippen LogP contribution in [0, 0.1) is 11.6 Å². The minimum absolute atomic E-state index is 0.104. The van der Waals surface area contributed by atoms with Crippen LogP contribution in [-0.4, -0.2) is 28.5 Å². The molecule has 0 atom stereocenters. The van der Waals surface area contributed by atoms with E-state index in [2.05, 4.69) is 0 Å². The van der Waals surface area contributed by atoms with Crippen LogP contribution in [0.4, 0.5) is 8.78 Å². The first kappa shape index (κ1) is 18.5. The Labute approximate surface area is 151 Å². The zero-order valence-corrected chi connectivity index (χ0v) is 15.1. The van der Waals surface area contributed by atoms with Gasteiger partial charge in [-0.2, -0.15) is 0 Å². The molecule has 2 aromatic rings. The average Bonchev–Trinajstić information content (AvgIpc) is 2.91. The molecule has 0 radical (unpaired) electrons. The molecule has 0 bridgehead atoms. The number of fused-ring (bicyclic) bond motifs is 1. The molecule has 140 valence electrons. The van der Waals surface area contributed by atoms with Crippen LogP contribution in [0.3, 0.4) is 0 Å². The number of rotatable bonds is 4. The summed E-state index contributed by atoms with van der Waals surface area (Å²) in [6.07, 6.45) is 5.66. The summed E-state index contributed by atoms with van der Waals surface area (Å²) in [4.78, 5) is 27.7. The highest BCUT2D eigenvalue weighted by Gasteiger charge is 2.22. The zero-order chi connectivity index (χ0) is 18.7. The predicted octanol–water partition coefficient (Wildman–Crippen LogP) is 4.10. The van der Waals surface area contributed by atoms with Gasteiger partial charge in [0.25, 0.3) is 11.5 Å². The molecule has 1 aliphatic heterocycles. The second kappa shape index (κ2) is 7.98. The van der Waals surface area contributed by atoms with Crippen LogP contribution in [-0.2, 0) is 6.54 Å². The Hall–Kier alpha value is -2.24. The maximum Gasteiger partial charge on any atom is 0.270 e. The van der Waals surface area contributed by atoms with Gasteiger partial charge < -0.3 is 9.47 Å². The van der Waals surface area contributed by atoms with Crippen molar-refractivity contribution in [2.45, 2.75) is 52.0 Å². The van der Waals surface area contributed by atoms with Gasteiger partial charge in [0, 0.05) is 19.6 Å². The summed E-state index contributed by atoms with van der Waals surface area (Å²) in [5.41, 5.74) is -0.170. The van der Waals surface area contributed by atoms with E-state index in [1.807, 2.05) is 6.92 Å². The first-order valence-electron chi connectivity index (χ1n) is 9.34. The molecule has 1 fully saturated rings. The Morgan fingerprint density at radius 3 is 2.35 bits per heavy atom. The van der Waals surface area contributed by atoms with Crippen molar-refractivity contribution in [3.8, 4) is 0 Å². The summed E-state index contributed by atoms with van der Waals surface area (Å²) in [6, 6.07) is 3.45. The number of amides is 1. The Kier molecular flexibility index (Phi) is 5.69. The third kappa shape index (κ3) is 3.64. The van der Waals surface area contributed by atoms with Crippen LogP contribution < -0.4 is 5.56 Å². The van der Waals surface area contributed by atoms with Crippen molar-refractivity contribution in [2.75, 3.05) is 13.1 Å². The van der Waals surface area contributed by atoms with E-state index in [0.29, 0.717) is 19.6 Å². The minimum Gasteiger partial charge on any atom is -0.337 e. The van der Waals surface area contributed by atoms with Gasteiger partial charge in [-0.25, -0.2) is 8.78 Å². The first-order valence-corrected chi connectivity index (χ1v) is 9.34. The molecule has 1 aromatic heterocycles. The average molecular weight is 362 g/mol. The van der Waals surface area contributed by atoms with E-state index in [0.717, 1.165) is 50.7 Å². The maximum absolute atomic E-state index is 13.6. The Bertz CT molecular complexity index is 868. The molecular weight excluding hydrogens is 338 g/mol. The molecule has 1 amide bonds. The van der Waals surface area contributed by atoms with Crippen molar-refractivity contribution in [2.24, 2.45) is 0 Å². The van der Waals surface area contributed by atoms with Gasteiger partial charge in [0.15, 0.2) is 11.6 Å². The number of carbonyl (C=O) groups is 1. The van der Waals surface area contributed by atoms with Crippen molar-refractivity contribution in [1.29, 1.82) is 0 Å². The van der Waals surface area contributed by atoms with E-state index in [1.54, 1.807) is 4.90 Å². The summed E-state index contributed by atoms with van der Waals surface area (Å²) < 4.78 is 28.7. The fourth-order valence-electron chi connectivity index (χ4n) is 3.50. The van der Waals surface area contributed by atoms with E-state index < -0.39 is 17.2 Å². The number of aromatic nitrogens is 1. The second-order valence-corrected chi connectivity index (χ2v) is 6.90. The number of unbranched alkanes of at least 4 members (excludes halogenated alkanes) is 1. The Morgan fingerprint density at radius 1 is 1.04 bits per heavy atom. The molecule has 1 aliphatic rings. The van der Waals surface area contributed by atoms with Gasteiger partial charge in [-0.1, -0.05) is 26.2 Å². The van der Waals surface area contributed by atoms with Crippen LogP contribution in [0.2, 0.25) is 0 Å². The number of likely N-dealkylation sites (tertiary alicyclic amines) is 1. The first-order chi connectivity index (χ1) is 12.5. The van der Waals surface area contributed by atoms with Gasteiger partial charge in [0.1, 0.15) is 5.69 Å². The van der Waals surface area contributed by atoms with Crippen molar-refractivity contribution in [3.63, 3.8) is 0 Å². The topological polar surface area (TPSA) is 42.3 Å². The summed E-state index contributed by atoms with van der Waals surface area (Å²) in [6.45, 7) is 3.71. The lowest BCUT2D eigenvalue weighted by Crippen LogP contribution is -2.36. The van der Waals surface area contributed by atoms with E-state index in [-0.39, 0.29) is 22.4 Å². The van der Waals surface area contributed by atoms with Crippen LogP contribution in [0.1, 0.15) is 55.9 Å². The highest BCUT2D eigenvalue weighted by molar-refractivity contribution is 5.96. The van der Waals surface area contributed by atoms with Crippen molar-refractivity contribution >= 4 is 16.7 Å². The zero-order valence-electron chi connectivity index (χ0n) is 15.1. The predicted molar refractivity (Wildman–Crippen MR) is 97.4 cm³/mol. The van der Waals surface area contributed by atoms with Crippen molar-refractivity contribution in [3.05, 3.63) is 45.9 Å². The van der Waals surface area contributed by atoms with Gasteiger partial charge in [-0.05, 0) is 42.8 Å². The molecule has 3 rings (SSSR count). The highest BCUT2D eigenvalue weighted by Crippen LogP contribution is 2.20. The lowest BCUT2D eigenvalue weighted by atomic mass is 10.1. The summed E-state index contributed by atoms with van der Waals surface area (Å²) >= 11 is 0. The number of carbonyl (C=O) groups excluding carboxylic acids is 1. The fourth-order valence-corrected chi connectivity index (χ4v) is 3.50. The number of benzene rings is 1. The standard InChI is InChI=1S/C20H24F2N2O2/c1-2-3-10-24-18(20(26)23-8-6-4-5-7-9-23)12-14-11-16(21)17(22)13-15(14)19(24)25/h11-13H,2-10H2,1H3. The fraction of sp³-hybridized carbons (Fsp3) is 0.500. The van der Waals surface area contributed by atoms with E-state index in [9.17, 15) is 18.4 Å². The van der Waals surface area contributed by atoms with Crippen molar-refractivity contribution in [1.82, 2.24) is 9.47 Å². The SMILES string of the molecule is CCCCn1c(C(=O)N2CCCCCC2)cc2cc(F)c(F)cc2c1=O. The molecule has 0 aliphatic carbocycles. The largest absolute Gasteiger partial charge is 0.337 e. The summed E-state index contributed by atoms with van der Waals surface area (Å²) in [5.74, 6) is -2.27. The van der Waals surface area contributed by atoms with Gasteiger partial charge in [-0.15, -0.1) is 0 Å². The number of hydrogen-bond acceptors (Lipinski definition) is 2. The van der Waals surface area contributed by atoms with Gasteiger partial charge in [0.05, 0.1) is 5.39 Å². The monoisotopic (exact) mass is 362 g/mol. The molecule has 0 spiro atoms. The molecule has 2 heterocycles. The van der Waals surface area contributed by atoms with Gasteiger partial charge in [0.2, 0.25) is 0 Å². The molecular formula is C20H24F2N2O2. The minimum atomic E-state index is -1.05. The number of nitrogens with zero attached hydrogens (tertiary/aromatic N) is 2. The van der Waals surface area contributed by atoms with Crippen LogP contribution in [0.15, 0.2) is 23.0 Å². The normalized spacial score (nSPS) is 15.3. The Balaban J connectivity index is 2.13. The number of hydrogen-bond donors (Lipinski definition) is 0. The van der Waals surface area contributed by atoms with Crippen molar-refractivity contribution < 1.29 is 13.6 Å². The lowest BCUT2D eigenvalue weighted by molar-refractivity contribution is 0.0749. The molecule has 1 saturated heterocycles. The molecule has 4 nitrogen and oxygen atoms in total. The Morgan fingerprint density at radius 2 is 1.69 bits per heavy atom. The molecule has 0 unspecified atom stereocenters. The van der Waals surface area contributed by atoms with Crippen LogP contribution >= 0.6 is 0 Å². The molecule has 6 heteroatoms. The van der Waals surface area contributed by atoms with E-state index in [4.69, 9.17) is 0 Å². The van der Waals surface area contributed by atoms with Gasteiger partial charge >= 0.3 is 0 Å². The summed E-state index contributed by atoms with van der Waals surface area (Å²) in [5, 5.41) is 0.368. The third-order valence-corrected chi connectivity index (χ3v) is 5.00. The number of pyridine rings is 1. The molecule has 0 N–H and O–H groups in total.